The Bertz CT molecular complexity index is 2730. The zero-order valence-electron chi connectivity index (χ0n) is 27.5. The molecule has 0 aromatic heterocycles. The maximum atomic E-state index is 4.06. The molecule has 0 heterocycles. The minimum absolute atomic E-state index is 1.14. The van der Waals surface area contributed by atoms with Gasteiger partial charge in [0.05, 0.1) is 0 Å². The smallest absolute Gasteiger partial charge is 0.00261 e. The average Bonchev–Trinajstić information content (AvgIpc) is 3.17. The number of hydrogen-bond acceptors (Lipinski definition) is 0. The molecule has 0 saturated carbocycles. The number of allylic oxidation sites excluding steroid dienone is 3. The van der Waals surface area contributed by atoms with Gasteiger partial charge in [0.2, 0.25) is 0 Å². The Morgan fingerprint density at radius 1 is 0.408 bits per heavy atom. The highest BCUT2D eigenvalue weighted by Crippen LogP contribution is 2.45. The van der Waals surface area contributed by atoms with Gasteiger partial charge in [-0.25, -0.2) is 0 Å². The lowest BCUT2D eigenvalue weighted by Crippen LogP contribution is -1.92. The fourth-order valence-electron chi connectivity index (χ4n) is 7.95. The first-order chi connectivity index (χ1) is 24.2. The summed E-state index contributed by atoms with van der Waals surface area (Å²) in [4.78, 5) is 0. The average molecular weight is 623 g/mol. The summed E-state index contributed by atoms with van der Waals surface area (Å²) in [5.41, 5.74) is 9.83. The van der Waals surface area contributed by atoms with Crippen LogP contribution in [0.25, 0.3) is 92.8 Å². The minimum atomic E-state index is 1.14. The van der Waals surface area contributed by atoms with Crippen LogP contribution in [0.15, 0.2) is 183 Å². The van der Waals surface area contributed by atoms with Crippen LogP contribution in [-0.4, -0.2) is 0 Å². The van der Waals surface area contributed by atoms with E-state index in [9.17, 15) is 0 Å². The Hall–Kier alpha value is -6.24. The summed E-state index contributed by atoms with van der Waals surface area (Å²) < 4.78 is 0. The molecule has 0 aliphatic carbocycles. The van der Waals surface area contributed by atoms with E-state index in [1.807, 2.05) is 6.08 Å². The van der Waals surface area contributed by atoms with Crippen LogP contribution in [0.2, 0.25) is 0 Å². The third-order valence-corrected chi connectivity index (χ3v) is 10.2. The van der Waals surface area contributed by atoms with Gasteiger partial charge in [0.1, 0.15) is 0 Å². The first-order valence-corrected chi connectivity index (χ1v) is 17.0. The zero-order valence-corrected chi connectivity index (χ0v) is 27.5. The van der Waals surface area contributed by atoms with Crippen LogP contribution >= 0.6 is 0 Å². The van der Waals surface area contributed by atoms with Crippen molar-refractivity contribution >= 4 is 59.4 Å². The molecular weight excluding hydrogens is 589 g/mol. The molecule has 9 aromatic rings. The SMILES string of the molecule is C=C/C(=C\C)c1cccc(-c2c3ccccc3c(-c3ccc4cc(-c5cccc6ccccc56)c5ccccc5c4c3)c3ccccc23)c1. The second-order valence-electron chi connectivity index (χ2n) is 12.8. The predicted octanol–water partition coefficient (Wildman–Crippen LogP) is 14.0. The van der Waals surface area contributed by atoms with Gasteiger partial charge in [0.25, 0.3) is 0 Å². The van der Waals surface area contributed by atoms with Gasteiger partial charge in [-0.1, -0.05) is 164 Å². The molecule has 0 N–H and O–H groups in total. The molecule has 49 heavy (non-hydrogen) atoms. The highest BCUT2D eigenvalue weighted by molar-refractivity contribution is 6.23. The predicted molar refractivity (Wildman–Crippen MR) is 214 cm³/mol. The monoisotopic (exact) mass is 622 g/mol. The normalized spacial score (nSPS) is 12.0. The molecule has 0 radical (unpaired) electrons. The highest BCUT2D eigenvalue weighted by Gasteiger charge is 2.18. The summed E-state index contributed by atoms with van der Waals surface area (Å²) in [6.45, 7) is 6.13. The third-order valence-electron chi connectivity index (χ3n) is 10.2. The van der Waals surface area contributed by atoms with Crippen molar-refractivity contribution in [3.63, 3.8) is 0 Å². The molecule has 0 spiro atoms. The van der Waals surface area contributed by atoms with E-state index in [2.05, 4.69) is 183 Å². The fraction of sp³-hybridized carbons (Fsp3) is 0.0204. The molecular formula is C49H34. The van der Waals surface area contributed by atoms with Crippen LogP contribution in [0.5, 0.6) is 0 Å². The molecule has 0 nitrogen and oxygen atoms in total. The first kappa shape index (κ1) is 28.9. The van der Waals surface area contributed by atoms with E-state index >= 15 is 0 Å². The van der Waals surface area contributed by atoms with Crippen LogP contribution < -0.4 is 0 Å². The second kappa shape index (κ2) is 11.8. The summed E-state index contributed by atoms with van der Waals surface area (Å²) in [6.07, 6.45) is 4.06. The molecule has 0 saturated heterocycles. The maximum Gasteiger partial charge on any atom is -0.00261 e. The topological polar surface area (TPSA) is 0 Å². The Labute approximate surface area is 286 Å². The lowest BCUT2D eigenvalue weighted by atomic mass is 9.84. The standard InChI is InChI=1S/C49H34/c1-3-32(4-2)34-17-13-18-36(29-34)48-42-22-9-11-24-44(42)49(45-25-12-10-23-43(45)48)37-28-27-35-30-47(41-21-8-7-20-40(41)46(35)31-37)39-26-14-16-33-15-5-6-19-38(33)39/h3-31H,1H2,2H3/b32-4+. The number of rotatable bonds is 5. The van der Waals surface area contributed by atoms with Crippen molar-refractivity contribution in [1.82, 2.24) is 0 Å². The van der Waals surface area contributed by atoms with Crippen molar-refractivity contribution in [2.75, 3.05) is 0 Å². The van der Waals surface area contributed by atoms with Gasteiger partial charge in [0.15, 0.2) is 0 Å². The fourth-order valence-corrected chi connectivity index (χ4v) is 7.95. The number of fused-ring (bicyclic) bond motifs is 6. The maximum absolute atomic E-state index is 4.06. The Kier molecular flexibility index (Phi) is 6.95. The summed E-state index contributed by atoms with van der Waals surface area (Å²) >= 11 is 0. The van der Waals surface area contributed by atoms with E-state index in [0.717, 1.165) is 5.57 Å². The molecule has 0 amide bonds. The van der Waals surface area contributed by atoms with Crippen molar-refractivity contribution in [2.45, 2.75) is 6.92 Å². The zero-order chi connectivity index (χ0) is 32.9. The summed E-state index contributed by atoms with van der Waals surface area (Å²) in [5.74, 6) is 0. The van der Waals surface area contributed by atoms with E-state index in [4.69, 9.17) is 0 Å². The molecule has 0 heteroatoms. The van der Waals surface area contributed by atoms with E-state index < -0.39 is 0 Å². The molecule has 0 fully saturated rings. The van der Waals surface area contributed by atoms with Gasteiger partial charge in [-0.3, -0.25) is 0 Å². The molecule has 9 rings (SSSR count). The molecule has 0 aliphatic rings. The van der Waals surface area contributed by atoms with Crippen LogP contribution in [0.3, 0.4) is 0 Å². The van der Waals surface area contributed by atoms with E-state index in [1.54, 1.807) is 0 Å². The molecule has 0 atom stereocenters. The summed E-state index contributed by atoms with van der Waals surface area (Å²) in [6, 6.07) is 60.4. The quantitative estimate of drug-likeness (QED) is 0.102. The van der Waals surface area contributed by atoms with Crippen LogP contribution in [0, 0.1) is 0 Å². The highest BCUT2D eigenvalue weighted by atomic mass is 14.2. The molecule has 0 unspecified atom stereocenters. The minimum Gasteiger partial charge on any atom is -0.0985 e. The van der Waals surface area contributed by atoms with Crippen molar-refractivity contribution < 1.29 is 0 Å². The third kappa shape index (κ3) is 4.68. The van der Waals surface area contributed by atoms with Crippen molar-refractivity contribution in [3.05, 3.63) is 188 Å². The van der Waals surface area contributed by atoms with E-state index in [-0.39, 0.29) is 0 Å². The Morgan fingerprint density at radius 3 is 1.61 bits per heavy atom. The Morgan fingerprint density at radius 2 is 0.959 bits per heavy atom. The van der Waals surface area contributed by atoms with Crippen molar-refractivity contribution in [2.24, 2.45) is 0 Å². The summed E-state index contributed by atoms with van der Waals surface area (Å²) in [7, 11) is 0. The van der Waals surface area contributed by atoms with E-state index in [0.29, 0.717) is 0 Å². The van der Waals surface area contributed by atoms with Gasteiger partial charge >= 0.3 is 0 Å². The van der Waals surface area contributed by atoms with Gasteiger partial charge in [-0.15, -0.1) is 0 Å². The number of benzene rings is 9. The lowest BCUT2D eigenvalue weighted by molar-refractivity contribution is 1.59. The summed E-state index contributed by atoms with van der Waals surface area (Å²) in [5, 5.41) is 12.6. The molecule has 0 aliphatic heterocycles. The van der Waals surface area contributed by atoms with Gasteiger partial charge in [-0.05, 0) is 124 Å². The van der Waals surface area contributed by atoms with Crippen LogP contribution in [0.4, 0.5) is 0 Å². The van der Waals surface area contributed by atoms with Crippen molar-refractivity contribution in [3.8, 4) is 33.4 Å². The lowest BCUT2D eigenvalue weighted by Gasteiger charge is -2.19. The van der Waals surface area contributed by atoms with Gasteiger partial charge in [-0.2, -0.15) is 0 Å². The first-order valence-electron chi connectivity index (χ1n) is 17.0. The van der Waals surface area contributed by atoms with Crippen LogP contribution in [0.1, 0.15) is 12.5 Å². The molecule has 230 valence electrons. The number of hydrogen-bond donors (Lipinski definition) is 0. The molecule has 9 aromatic carbocycles. The second-order valence-corrected chi connectivity index (χ2v) is 12.8. The van der Waals surface area contributed by atoms with Gasteiger partial charge in [0, 0.05) is 0 Å². The van der Waals surface area contributed by atoms with Gasteiger partial charge < -0.3 is 0 Å². The molecule has 0 bridgehead atoms. The van der Waals surface area contributed by atoms with E-state index in [1.165, 1.54) is 92.8 Å². The van der Waals surface area contributed by atoms with Crippen molar-refractivity contribution in [1.29, 1.82) is 0 Å². The largest absolute Gasteiger partial charge is 0.0985 e. The Balaban J connectivity index is 1.31. The van der Waals surface area contributed by atoms with Crippen LogP contribution in [-0.2, 0) is 0 Å².